The molecule has 25 heavy (non-hydrogen) atoms. The molecule has 0 aliphatic carbocycles. The summed E-state index contributed by atoms with van der Waals surface area (Å²) in [4.78, 5) is 0. The summed E-state index contributed by atoms with van der Waals surface area (Å²) in [7, 11) is 4.66. The van der Waals surface area contributed by atoms with E-state index in [4.69, 9.17) is 0 Å². The Bertz CT molecular complexity index is 275. The van der Waals surface area contributed by atoms with Crippen LogP contribution in [0.4, 0.5) is 0 Å². The lowest BCUT2D eigenvalue weighted by molar-refractivity contribution is -0.907. The maximum atomic E-state index is 3.89. The average molecular weight is 374 g/mol. The second-order valence-electron chi connectivity index (χ2n) is 8.48. The predicted molar refractivity (Wildman–Crippen MR) is 112 cm³/mol. The summed E-state index contributed by atoms with van der Waals surface area (Å²) in [5, 5.41) is 0. The van der Waals surface area contributed by atoms with Crippen molar-refractivity contribution in [2.45, 2.75) is 116 Å². The summed E-state index contributed by atoms with van der Waals surface area (Å²) in [5.74, 6) is 0. The molecule has 152 valence electrons. The molecule has 0 aromatic rings. The standard InChI is InChI=1S/C23H48N.ClH/c1-6-8-9-10-11-12-13-14-15-16-17-18-19-20-21-23(3)24(4,5)22-7-2;/h7,23H,2,6,8-22H2,1,3-5H3;1H/q+1;/p-1. The predicted octanol–water partition coefficient (Wildman–Crippen LogP) is 4.51. The van der Waals surface area contributed by atoms with Gasteiger partial charge in [-0.3, -0.25) is 0 Å². The number of unbranched alkanes of at least 4 members (excludes halogenated alkanes) is 13. The number of halogens is 1. The normalized spacial score (nSPS) is 12.6. The van der Waals surface area contributed by atoms with E-state index < -0.39 is 0 Å². The Labute approximate surface area is 166 Å². The van der Waals surface area contributed by atoms with E-state index in [0.29, 0.717) is 0 Å². The van der Waals surface area contributed by atoms with Crippen molar-refractivity contribution in [1.29, 1.82) is 0 Å². The fourth-order valence-corrected chi connectivity index (χ4v) is 3.50. The molecule has 2 heteroatoms. The minimum Gasteiger partial charge on any atom is -1.00 e. The zero-order valence-electron chi connectivity index (χ0n) is 18.0. The zero-order valence-corrected chi connectivity index (χ0v) is 18.8. The number of likely N-dealkylation sites (N-methyl/N-ethyl adjacent to an activating group) is 1. The van der Waals surface area contributed by atoms with Gasteiger partial charge in [0.1, 0.15) is 0 Å². The molecule has 0 fully saturated rings. The summed E-state index contributed by atoms with van der Waals surface area (Å²) in [5.41, 5.74) is 0. The molecule has 0 spiro atoms. The lowest BCUT2D eigenvalue weighted by atomic mass is 10.0. The van der Waals surface area contributed by atoms with Gasteiger partial charge in [0.05, 0.1) is 26.7 Å². The monoisotopic (exact) mass is 373 g/mol. The smallest absolute Gasteiger partial charge is 0.0968 e. The van der Waals surface area contributed by atoms with Crippen LogP contribution in [0.25, 0.3) is 0 Å². The first-order chi connectivity index (χ1) is 11.5. The van der Waals surface area contributed by atoms with E-state index in [1.165, 1.54) is 96.3 Å². The molecule has 0 aliphatic rings. The highest BCUT2D eigenvalue weighted by molar-refractivity contribution is 4.66. The van der Waals surface area contributed by atoms with Crippen LogP contribution in [0.3, 0.4) is 0 Å². The molecule has 0 aromatic carbocycles. The van der Waals surface area contributed by atoms with Crippen molar-refractivity contribution >= 4 is 0 Å². The largest absolute Gasteiger partial charge is 1.00 e. The van der Waals surface area contributed by atoms with Crippen molar-refractivity contribution in [3.63, 3.8) is 0 Å². The van der Waals surface area contributed by atoms with Crippen LogP contribution in [0.1, 0.15) is 110 Å². The van der Waals surface area contributed by atoms with Gasteiger partial charge in [0, 0.05) is 0 Å². The van der Waals surface area contributed by atoms with E-state index in [2.05, 4.69) is 40.6 Å². The molecular formula is C23H48ClN. The maximum Gasteiger partial charge on any atom is 0.0968 e. The molecule has 0 aromatic heterocycles. The number of nitrogens with zero attached hydrogens (tertiary/aromatic N) is 1. The van der Waals surface area contributed by atoms with Crippen molar-refractivity contribution in [3.05, 3.63) is 12.7 Å². The molecular weight excluding hydrogens is 326 g/mol. The van der Waals surface area contributed by atoms with E-state index in [1.807, 2.05) is 0 Å². The lowest BCUT2D eigenvalue weighted by Crippen LogP contribution is -3.00. The third kappa shape index (κ3) is 17.2. The number of hydrogen-bond donors (Lipinski definition) is 0. The van der Waals surface area contributed by atoms with Crippen molar-refractivity contribution in [2.24, 2.45) is 0 Å². The van der Waals surface area contributed by atoms with Crippen LogP contribution >= 0.6 is 0 Å². The Kier molecular flexibility index (Phi) is 20.4. The Morgan fingerprint density at radius 2 is 1.08 bits per heavy atom. The highest BCUT2D eigenvalue weighted by Gasteiger charge is 2.21. The van der Waals surface area contributed by atoms with Crippen molar-refractivity contribution in [3.8, 4) is 0 Å². The molecule has 0 amide bonds. The minimum absolute atomic E-state index is 0. The second-order valence-corrected chi connectivity index (χ2v) is 8.48. The summed E-state index contributed by atoms with van der Waals surface area (Å²) in [6, 6.07) is 0.750. The van der Waals surface area contributed by atoms with Gasteiger partial charge in [0.25, 0.3) is 0 Å². The molecule has 1 nitrogen and oxygen atoms in total. The summed E-state index contributed by atoms with van der Waals surface area (Å²) < 4.78 is 1.09. The molecule has 0 rings (SSSR count). The SMILES string of the molecule is C=CC[N+](C)(C)C(C)CCCCCCCCCCCCCCCC.[Cl-]. The van der Waals surface area contributed by atoms with Gasteiger partial charge in [-0.1, -0.05) is 97.0 Å². The van der Waals surface area contributed by atoms with Crippen LogP contribution in [0.5, 0.6) is 0 Å². The van der Waals surface area contributed by atoms with Crippen molar-refractivity contribution < 1.29 is 16.9 Å². The van der Waals surface area contributed by atoms with Gasteiger partial charge in [-0.15, -0.1) is 0 Å². The van der Waals surface area contributed by atoms with Gasteiger partial charge < -0.3 is 16.9 Å². The summed E-state index contributed by atoms with van der Waals surface area (Å²) in [6.07, 6.45) is 23.7. The maximum absolute atomic E-state index is 3.89. The topological polar surface area (TPSA) is 0 Å². The molecule has 0 saturated heterocycles. The molecule has 0 saturated carbocycles. The van der Waals surface area contributed by atoms with Gasteiger partial charge in [-0.25, -0.2) is 0 Å². The van der Waals surface area contributed by atoms with E-state index in [-0.39, 0.29) is 12.4 Å². The molecule has 1 atom stereocenters. The second kappa shape index (κ2) is 18.8. The van der Waals surface area contributed by atoms with E-state index >= 15 is 0 Å². The number of quaternary nitrogens is 1. The van der Waals surface area contributed by atoms with Gasteiger partial charge in [0.2, 0.25) is 0 Å². The van der Waals surface area contributed by atoms with Gasteiger partial charge in [0.15, 0.2) is 0 Å². The highest BCUT2D eigenvalue weighted by atomic mass is 35.5. The van der Waals surface area contributed by atoms with Crippen molar-refractivity contribution in [1.82, 2.24) is 0 Å². The van der Waals surface area contributed by atoms with Crippen LogP contribution in [0.2, 0.25) is 0 Å². The first-order valence-electron chi connectivity index (χ1n) is 11.0. The Morgan fingerprint density at radius 3 is 1.44 bits per heavy atom. The Balaban J connectivity index is 0. The van der Waals surface area contributed by atoms with Gasteiger partial charge in [-0.05, 0) is 25.8 Å². The average Bonchev–Trinajstić information content (AvgIpc) is 2.54. The van der Waals surface area contributed by atoms with Crippen LogP contribution in [-0.4, -0.2) is 31.2 Å². The van der Waals surface area contributed by atoms with Crippen molar-refractivity contribution in [2.75, 3.05) is 20.6 Å². The van der Waals surface area contributed by atoms with Crippen LogP contribution < -0.4 is 12.4 Å². The Morgan fingerprint density at radius 1 is 0.720 bits per heavy atom. The molecule has 0 N–H and O–H groups in total. The van der Waals surface area contributed by atoms with E-state index in [1.54, 1.807) is 0 Å². The van der Waals surface area contributed by atoms with Crippen LogP contribution in [-0.2, 0) is 0 Å². The van der Waals surface area contributed by atoms with Gasteiger partial charge >= 0.3 is 0 Å². The number of rotatable bonds is 18. The summed E-state index contributed by atoms with van der Waals surface area (Å²) >= 11 is 0. The molecule has 0 bridgehead atoms. The molecule has 0 aliphatic heterocycles. The highest BCUT2D eigenvalue weighted by Crippen LogP contribution is 2.16. The van der Waals surface area contributed by atoms with E-state index in [9.17, 15) is 0 Å². The Hall–Kier alpha value is -0.0100. The van der Waals surface area contributed by atoms with E-state index in [0.717, 1.165) is 17.1 Å². The summed E-state index contributed by atoms with van der Waals surface area (Å²) in [6.45, 7) is 9.66. The van der Waals surface area contributed by atoms with Gasteiger partial charge in [-0.2, -0.15) is 0 Å². The molecule has 0 heterocycles. The third-order valence-corrected chi connectivity index (χ3v) is 5.77. The fourth-order valence-electron chi connectivity index (χ4n) is 3.50. The fraction of sp³-hybridized carbons (Fsp3) is 0.913. The first kappa shape index (κ1) is 27.2. The van der Waals surface area contributed by atoms with Crippen LogP contribution in [0, 0.1) is 0 Å². The quantitative estimate of drug-likeness (QED) is 0.188. The lowest BCUT2D eigenvalue weighted by Gasteiger charge is -2.35. The number of hydrogen-bond acceptors (Lipinski definition) is 0. The van der Waals surface area contributed by atoms with Crippen LogP contribution in [0.15, 0.2) is 12.7 Å². The zero-order chi connectivity index (χ0) is 18.1. The molecule has 1 unspecified atom stereocenters. The third-order valence-electron chi connectivity index (χ3n) is 5.77. The first-order valence-corrected chi connectivity index (χ1v) is 11.0. The molecule has 0 radical (unpaired) electrons. The minimum atomic E-state index is 0.